The zero-order valence-corrected chi connectivity index (χ0v) is 8.66. The smallest absolute Gasteiger partial charge is 0.187 e. The summed E-state index contributed by atoms with van der Waals surface area (Å²) in [5.74, 6) is 0. The molecule has 17 heavy (non-hydrogen) atoms. The highest BCUT2D eigenvalue weighted by Crippen LogP contribution is 2.22. The maximum atomic E-state index is 11.4. The van der Waals surface area contributed by atoms with E-state index in [2.05, 4.69) is 25.7 Å². The molecule has 7 nitrogen and oxygen atoms in total. The van der Waals surface area contributed by atoms with E-state index < -0.39 is 0 Å². The van der Waals surface area contributed by atoms with Gasteiger partial charge in [0.05, 0.1) is 0 Å². The SMILES string of the molecule is [O-][NH+]1N=Nc2cccc3n[nH]nc3cccc21. The van der Waals surface area contributed by atoms with E-state index in [9.17, 15) is 5.21 Å². The van der Waals surface area contributed by atoms with Crippen LogP contribution in [0, 0.1) is 5.21 Å². The highest BCUT2D eigenvalue weighted by atomic mass is 16.5. The Kier molecular flexibility index (Phi) is 2.25. The second kappa shape index (κ2) is 3.89. The van der Waals surface area contributed by atoms with Crippen molar-refractivity contribution in [3.63, 3.8) is 0 Å². The minimum Gasteiger partial charge on any atom is -0.600 e. The van der Waals surface area contributed by atoms with Crippen LogP contribution in [0.5, 0.6) is 0 Å². The van der Waals surface area contributed by atoms with Crippen LogP contribution in [0.3, 0.4) is 0 Å². The Hall–Kier alpha value is -2.38. The zero-order chi connectivity index (χ0) is 11.7. The van der Waals surface area contributed by atoms with Crippen LogP contribution < -0.4 is 5.17 Å². The standard InChI is InChI=1S/C10H8N6O/c17-16-10-6-2-4-8-7(11-14-12-8)3-1-5-9(10)13-15-16/h1-6,16H,(H,11,12,14). The molecule has 0 amide bonds. The van der Waals surface area contributed by atoms with Crippen LogP contribution in [0.2, 0.25) is 0 Å². The third-order valence-electron chi connectivity index (χ3n) is 2.38. The van der Waals surface area contributed by atoms with Gasteiger partial charge in [-0.25, -0.2) is 0 Å². The minimum absolute atomic E-state index is 0.324. The lowest BCUT2D eigenvalue weighted by molar-refractivity contribution is -0.784. The zero-order valence-electron chi connectivity index (χ0n) is 8.66. The molecule has 2 heterocycles. The third-order valence-corrected chi connectivity index (χ3v) is 2.38. The molecule has 0 fully saturated rings. The van der Waals surface area contributed by atoms with Gasteiger partial charge in [0.15, 0.2) is 11.4 Å². The first-order valence-corrected chi connectivity index (χ1v) is 4.98. The van der Waals surface area contributed by atoms with Gasteiger partial charge in [0.1, 0.15) is 11.0 Å². The summed E-state index contributed by atoms with van der Waals surface area (Å²) in [7, 11) is 0. The Morgan fingerprint density at radius 1 is 1.00 bits per heavy atom. The molecule has 1 aliphatic heterocycles. The Labute approximate surface area is 95.7 Å². The van der Waals surface area contributed by atoms with E-state index in [4.69, 9.17) is 0 Å². The highest BCUT2D eigenvalue weighted by molar-refractivity contribution is 5.72. The molecular formula is C10H8N6O. The summed E-state index contributed by atoms with van der Waals surface area (Å²) in [6.45, 7) is 0. The average Bonchev–Trinajstić information content (AvgIpc) is 2.90. The van der Waals surface area contributed by atoms with Gasteiger partial charge in [0.2, 0.25) is 0 Å². The lowest BCUT2D eigenvalue weighted by atomic mass is 10.3. The van der Waals surface area contributed by atoms with Gasteiger partial charge >= 0.3 is 0 Å². The number of quaternary nitrogens is 1. The predicted molar refractivity (Wildman–Crippen MR) is 60.0 cm³/mol. The van der Waals surface area contributed by atoms with Crippen LogP contribution in [0.25, 0.3) is 11.0 Å². The molecule has 0 radical (unpaired) electrons. The molecule has 0 aliphatic carbocycles. The van der Waals surface area contributed by atoms with Crippen molar-refractivity contribution >= 4 is 22.4 Å². The van der Waals surface area contributed by atoms with Crippen LogP contribution in [0.15, 0.2) is 46.7 Å². The maximum absolute atomic E-state index is 11.4. The number of H-pyrrole nitrogens is 1. The van der Waals surface area contributed by atoms with Gasteiger partial charge in [-0.1, -0.05) is 17.2 Å². The van der Waals surface area contributed by atoms with Gasteiger partial charge in [-0.3, -0.25) is 0 Å². The molecule has 84 valence electrons. The normalized spacial score (nSPS) is 16.9. The van der Waals surface area contributed by atoms with Crippen LogP contribution in [0.4, 0.5) is 11.4 Å². The third kappa shape index (κ3) is 1.73. The van der Waals surface area contributed by atoms with Crippen molar-refractivity contribution in [1.82, 2.24) is 15.4 Å². The van der Waals surface area contributed by atoms with Crippen LogP contribution in [-0.4, -0.2) is 15.4 Å². The Bertz CT molecular complexity index is 648. The second-order valence-electron chi connectivity index (χ2n) is 3.45. The molecule has 7 heteroatoms. The fraction of sp³-hybridized carbons (Fsp3) is 0. The number of nitrogens with one attached hydrogen (secondary N) is 2. The number of rotatable bonds is 0. The van der Waals surface area contributed by atoms with Crippen molar-refractivity contribution in [2.75, 3.05) is 0 Å². The molecule has 1 aromatic carbocycles. The summed E-state index contributed by atoms with van der Waals surface area (Å²) in [6, 6.07) is 10.4. The van der Waals surface area contributed by atoms with E-state index >= 15 is 0 Å². The van der Waals surface area contributed by atoms with Crippen molar-refractivity contribution in [3.8, 4) is 0 Å². The number of aromatic amines is 1. The van der Waals surface area contributed by atoms with E-state index in [-0.39, 0.29) is 5.17 Å². The first kappa shape index (κ1) is 9.82. The Morgan fingerprint density at radius 3 is 2.47 bits per heavy atom. The van der Waals surface area contributed by atoms with Gasteiger partial charge < -0.3 is 5.21 Å². The van der Waals surface area contributed by atoms with Gasteiger partial charge in [-0.2, -0.15) is 20.6 Å². The van der Waals surface area contributed by atoms with E-state index in [0.717, 1.165) is 5.52 Å². The molecule has 1 aromatic heterocycles. The summed E-state index contributed by atoms with van der Waals surface area (Å²) >= 11 is 0. The topological polar surface area (TPSA) is 93.8 Å². The molecule has 1 atom stereocenters. The molecule has 2 N–H and O–H groups in total. The summed E-state index contributed by atoms with van der Waals surface area (Å²) in [6.07, 6.45) is 0. The molecule has 0 saturated heterocycles. The summed E-state index contributed by atoms with van der Waals surface area (Å²) in [5.41, 5.74) is 2.49. The quantitative estimate of drug-likeness (QED) is 0.661. The van der Waals surface area contributed by atoms with Crippen molar-refractivity contribution in [1.29, 1.82) is 0 Å². The van der Waals surface area contributed by atoms with E-state index in [1.807, 2.05) is 0 Å². The van der Waals surface area contributed by atoms with Gasteiger partial charge in [-0.15, -0.1) is 0 Å². The lowest BCUT2D eigenvalue weighted by Crippen LogP contribution is -2.95. The Balaban J connectivity index is 2.28. The number of nitrogens with zero attached hydrogens (tertiary/aromatic N) is 4. The maximum Gasteiger partial charge on any atom is 0.187 e. The number of hydrogen-bond acceptors (Lipinski definition) is 5. The molecule has 0 spiro atoms. The van der Waals surface area contributed by atoms with Gasteiger partial charge in [0.25, 0.3) is 0 Å². The predicted octanol–water partition coefficient (Wildman–Crippen LogP) is 1.11. The molecule has 2 aromatic rings. The number of fused-ring (bicyclic) bond motifs is 2. The van der Waals surface area contributed by atoms with Crippen LogP contribution in [-0.2, 0) is 0 Å². The summed E-state index contributed by atoms with van der Waals surface area (Å²) < 4.78 is 0. The first-order valence-electron chi connectivity index (χ1n) is 4.98. The van der Waals surface area contributed by atoms with Crippen LogP contribution in [0.1, 0.15) is 0 Å². The first-order chi connectivity index (χ1) is 8.34. The number of hydrogen-bond donors (Lipinski definition) is 2. The fourth-order valence-corrected chi connectivity index (χ4v) is 1.55. The van der Waals surface area contributed by atoms with Gasteiger partial charge in [0, 0.05) is 11.3 Å². The molecular weight excluding hydrogens is 220 g/mol. The van der Waals surface area contributed by atoms with Crippen molar-refractivity contribution in [2.24, 2.45) is 10.3 Å². The van der Waals surface area contributed by atoms with Gasteiger partial charge in [-0.05, 0) is 18.2 Å². The minimum atomic E-state index is -0.324. The molecule has 0 saturated carbocycles. The fourth-order valence-electron chi connectivity index (χ4n) is 1.55. The molecule has 1 unspecified atom stereocenters. The average molecular weight is 228 g/mol. The van der Waals surface area contributed by atoms with Crippen molar-refractivity contribution in [2.45, 2.75) is 0 Å². The van der Waals surface area contributed by atoms with Crippen molar-refractivity contribution in [3.05, 3.63) is 41.6 Å². The van der Waals surface area contributed by atoms with Crippen molar-refractivity contribution < 1.29 is 5.17 Å². The van der Waals surface area contributed by atoms with E-state index in [1.54, 1.807) is 36.4 Å². The highest BCUT2D eigenvalue weighted by Gasteiger charge is 2.13. The lowest BCUT2D eigenvalue weighted by Gasteiger charge is -2.05. The van der Waals surface area contributed by atoms with E-state index in [1.165, 1.54) is 0 Å². The molecule has 3 rings (SSSR count). The summed E-state index contributed by atoms with van der Waals surface area (Å²) in [4.78, 5) is 0. The van der Waals surface area contributed by atoms with Crippen LogP contribution >= 0.6 is 0 Å². The Morgan fingerprint density at radius 2 is 1.71 bits per heavy atom. The monoisotopic (exact) mass is 228 g/mol. The van der Waals surface area contributed by atoms with E-state index in [0.29, 0.717) is 16.9 Å². The largest absolute Gasteiger partial charge is 0.600 e. The number of aromatic nitrogens is 3. The molecule has 1 aliphatic rings. The second-order valence-corrected chi connectivity index (χ2v) is 3.45. The summed E-state index contributed by atoms with van der Waals surface area (Å²) in [5, 5.41) is 28.9. The molecule has 0 bridgehead atoms.